The Bertz CT molecular complexity index is 208. The maximum Gasteiger partial charge on any atom is 0.156 e. The van der Waals surface area contributed by atoms with Gasteiger partial charge in [-0.3, -0.25) is 0 Å². The van der Waals surface area contributed by atoms with Crippen LogP contribution in [-0.4, -0.2) is 46.1 Å². The Labute approximate surface area is 99.4 Å². The van der Waals surface area contributed by atoms with E-state index in [-0.39, 0.29) is 11.9 Å². The van der Waals surface area contributed by atoms with Crippen LogP contribution in [0, 0.1) is 0 Å². The van der Waals surface area contributed by atoms with Gasteiger partial charge >= 0.3 is 0 Å². The van der Waals surface area contributed by atoms with Crippen LogP contribution >= 0.6 is 23.5 Å². The van der Waals surface area contributed by atoms with Gasteiger partial charge in [-0.1, -0.05) is 12.1 Å². The van der Waals surface area contributed by atoms with Gasteiger partial charge in [0.25, 0.3) is 0 Å². The number of hydrogen-bond donors (Lipinski definition) is 3. The molecule has 0 spiro atoms. The second kappa shape index (κ2) is 7.24. The number of nitrogens with two attached hydrogens (primary N) is 1. The highest BCUT2D eigenvalue weighted by molar-refractivity contribution is 8.06. The molecule has 0 aromatic rings. The molecule has 15 heavy (non-hydrogen) atoms. The Hall–Kier alpha value is -0.0700. The predicted molar refractivity (Wildman–Crippen MR) is 69.1 cm³/mol. The Morgan fingerprint density at radius 3 is 3.00 bits per heavy atom. The quantitative estimate of drug-likeness (QED) is 0.293. The fourth-order valence-electron chi connectivity index (χ4n) is 1.46. The predicted octanol–water partition coefficient (Wildman–Crippen LogP) is 0.950. The summed E-state index contributed by atoms with van der Waals surface area (Å²) in [5, 5.41) is 15.6. The molecule has 2 atom stereocenters. The lowest BCUT2D eigenvalue weighted by molar-refractivity contribution is 0.314. The van der Waals surface area contributed by atoms with E-state index in [1.165, 1.54) is 17.3 Å². The summed E-state index contributed by atoms with van der Waals surface area (Å²) in [6.07, 6.45) is 0.848. The molecular formula is C9H19N3OS2. The van der Waals surface area contributed by atoms with Crippen molar-refractivity contribution >= 4 is 29.4 Å². The summed E-state index contributed by atoms with van der Waals surface area (Å²) in [4.78, 5) is 0. The highest BCUT2D eigenvalue weighted by Gasteiger charge is 2.17. The number of nitrogens with zero attached hydrogens (tertiary/aromatic N) is 1. The normalized spacial score (nSPS) is 25.1. The Balaban J connectivity index is 2.26. The van der Waals surface area contributed by atoms with Crippen LogP contribution in [0.5, 0.6) is 0 Å². The molecule has 1 aliphatic rings. The number of oxime groups is 1. The van der Waals surface area contributed by atoms with E-state index in [0.29, 0.717) is 5.25 Å². The first kappa shape index (κ1) is 13.0. The number of thioether (sulfide) groups is 2. The molecule has 4 nitrogen and oxygen atoms in total. The van der Waals surface area contributed by atoms with Crippen LogP contribution in [0.2, 0.25) is 0 Å². The highest BCUT2D eigenvalue weighted by atomic mass is 32.2. The summed E-state index contributed by atoms with van der Waals surface area (Å²) in [5.74, 6) is 3.98. The summed E-state index contributed by atoms with van der Waals surface area (Å²) in [6, 6.07) is 0.00234. The average molecular weight is 249 g/mol. The first-order valence-corrected chi connectivity index (χ1v) is 7.38. The van der Waals surface area contributed by atoms with Gasteiger partial charge in [0.2, 0.25) is 0 Å². The molecule has 0 amide bonds. The lowest BCUT2D eigenvalue weighted by Crippen LogP contribution is -2.44. The first-order chi connectivity index (χ1) is 7.27. The second-order valence-corrected chi connectivity index (χ2v) is 6.02. The average Bonchev–Trinajstić information content (AvgIpc) is 2.31. The fourth-order valence-corrected chi connectivity index (χ4v) is 4.08. The molecule has 1 heterocycles. The molecule has 1 fully saturated rings. The SMILES string of the molecule is CCC(NCC1CSCCS1)C(N)=NO. The zero-order valence-electron chi connectivity index (χ0n) is 8.98. The minimum Gasteiger partial charge on any atom is -0.409 e. The molecule has 0 radical (unpaired) electrons. The summed E-state index contributed by atoms with van der Waals surface area (Å²) in [5.41, 5.74) is 5.57. The molecule has 4 N–H and O–H groups in total. The largest absolute Gasteiger partial charge is 0.409 e. The van der Waals surface area contributed by atoms with Crippen LogP contribution in [0.25, 0.3) is 0 Å². The van der Waals surface area contributed by atoms with Crippen molar-refractivity contribution in [3.05, 3.63) is 0 Å². The van der Waals surface area contributed by atoms with Crippen molar-refractivity contribution in [2.24, 2.45) is 10.9 Å². The standard InChI is InChI=1S/C9H19N3OS2/c1-2-8(9(10)12-13)11-5-7-6-14-3-4-15-7/h7-8,11,13H,2-6H2,1H3,(H2,10,12). The summed E-state index contributed by atoms with van der Waals surface area (Å²) in [7, 11) is 0. The molecule has 1 rings (SSSR count). The molecule has 0 aromatic carbocycles. The summed E-state index contributed by atoms with van der Waals surface area (Å²) < 4.78 is 0. The van der Waals surface area contributed by atoms with E-state index < -0.39 is 0 Å². The molecule has 0 saturated carbocycles. The summed E-state index contributed by atoms with van der Waals surface area (Å²) in [6.45, 7) is 2.96. The van der Waals surface area contributed by atoms with Crippen molar-refractivity contribution in [3.63, 3.8) is 0 Å². The number of hydrogen-bond acceptors (Lipinski definition) is 5. The van der Waals surface area contributed by atoms with E-state index in [1.54, 1.807) is 0 Å². The van der Waals surface area contributed by atoms with E-state index in [9.17, 15) is 0 Å². The van der Waals surface area contributed by atoms with E-state index >= 15 is 0 Å². The lowest BCUT2D eigenvalue weighted by Gasteiger charge is -2.23. The fraction of sp³-hybridized carbons (Fsp3) is 0.889. The van der Waals surface area contributed by atoms with Crippen LogP contribution in [0.1, 0.15) is 13.3 Å². The minimum atomic E-state index is 0.00234. The zero-order valence-corrected chi connectivity index (χ0v) is 10.6. The smallest absolute Gasteiger partial charge is 0.156 e. The maximum absolute atomic E-state index is 8.59. The van der Waals surface area contributed by atoms with Gasteiger partial charge in [-0.15, -0.1) is 0 Å². The van der Waals surface area contributed by atoms with Crippen LogP contribution < -0.4 is 11.1 Å². The second-order valence-electron chi connectivity index (χ2n) is 3.46. The van der Waals surface area contributed by atoms with Gasteiger partial charge in [-0.05, 0) is 6.42 Å². The van der Waals surface area contributed by atoms with Crippen molar-refractivity contribution in [2.75, 3.05) is 23.8 Å². The maximum atomic E-state index is 8.59. The van der Waals surface area contributed by atoms with Crippen LogP contribution in [-0.2, 0) is 0 Å². The third-order valence-corrected chi connectivity index (χ3v) is 5.20. The Morgan fingerprint density at radius 2 is 2.47 bits per heavy atom. The molecule has 1 aliphatic heterocycles. The molecule has 0 aromatic heterocycles. The lowest BCUT2D eigenvalue weighted by atomic mass is 10.2. The Kier molecular flexibility index (Phi) is 6.28. The van der Waals surface area contributed by atoms with Crippen molar-refractivity contribution in [2.45, 2.75) is 24.6 Å². The van der Waals surface area contributed by atoms with Gasteiger partial charge in [0.1, 0.15) is 0 Å². The third kappa shape index (κ3) is 4.53. The van der Waals surface area contributed by atoms with Crippen LogP contribution in [0.15, 0.2) is 5.16 Å². The van der Waals surface area contributed by atoms with Crippen molar-refractivity contribution < 1.29 is 5.21 Å². The molecule has 88 valence electrons. The summed E-state index contributed by atoms with van der Waals surface area (Å²) >= 11 is 4.01. The first-order valence-electron chi connectivity index (χ1n) is 5.18. The molecule has 0 aliphatic carbocycles. The van der Waals surface area contributed by atoms with Gasteiger partial charge in [0.15, 0.2) is 5.84 Å². The minimum absolute atomic E-state index is 0.00234. The number of rotatable bonds is 5. The van der Waals surface area contributed by atoms with Gasteiger partial charge < -0.3 is 16.3 Å². The van der Waals surface area contributed by atoms with E-state index in [1.807, 2.05) is 30.4 Å². The molecule has 1 saturated heterocycles. The molecule has 6 heteroatoms. The van der Waals surface area contributed by atoms with Gasteiger partial charge in [-0.2, -0.15) is 23.5 Å². The van der Waals surface area contributed by atoms with Gasteiger partial charge in [0.05, 0.1) is 6.04 Å². The monoisotopic (exact) mass is 249 g/mol. The highest BCUT2D eigenvalue weighted by Crippen LogP contribution is 2.23. The molecule has 0 bridgehead atoms. The van der Waals surface area contributed by atoms with Crippen LogP contribution in [0.3, 0.4) is 0 Å². The number of amidine groups is 1. The molecular weight excluding hydrogens is 230 g/mol. The van der Waals surface area contributed by atoms with E-state index in [4.69, 9.17) is 10.9 Å². The van der Waals surface area contributed by atoms with Crippen LogP contribution in [0.4, 0.5) is 0 Å². The van der Waals surface area contributed by atoms with Crippen molar-refractivity contribution in [1.29, 1.82) is 0 Å². The van der Waals surface area contributed by atoms with Crippen molar-refractivity contribution in [1.82, 2.24) is 5.32 Å². The van der Waals surface area contributed by atoms with E-state index in [0.717, 1.165) is 13.0 Å². The van der Waals surface area contributed by atoms with Gasteiger partial charge in [0, 0.05) is 29.1 Å². The zero-order chi connectivity index (χ0) is 11.1. The topological polar surface area (TPSA) is 70.6 Å². The third-order valence-electron chi connectivity index (χ3n) is 2.36. The van der Waals surface area contributed by atoms with Crippen molar-refractivity contribution in [3.8, 4) is 0 Å². The number of nitrogens with one attached hydrogen (secondary N) is 1. The van der Waals surface area contributed by atoms with Gasteiger partial charge in [-0.25, -0.2) is 0 Å². The Morgan fingerprint density at radius 1 is 1.67 bits per heavy atom. The molecule has 2 unspecified atom stereocenters. The van der Waals surface area contributed by atoms with E-state index in [2.05, 4.69) is 10.5 Å².